The second-order valence-electron chi connectivity index (χ2n) is 5.96. The van der Waals surface area contributed by atoms with Gasteiger partial charge in [0.15, 0.2) is 0 Å². The fraction of sp³-hybridized carbons (Fsp3) is 0.917. The van der Waals surface area contributed by atoms with Gasteiger partial charge in [0, 0.05) is 19.2 Å². The Morgan fingerprint density at radius 2 is 2.12 bits per heavy atom. The summed E-state index contributed by atoms with van der Waals surface area (Å²) in [5.74, 6) is 0.867. The molecule has 1 unspecified atom stereocenters. The molecule has 1 saturated heterocycles. The summed E-state index contributed by atoms with van der Waals surface area (Å²) in [6.45, 7) is 6.66. The van der Waals surface area contributed by atoms with Gasteiger partial charge in [0.2, 0.25) is 0 Å². The Kier molecular flexibility index (Phi) is 2.86. The molecule has 16 heavy (non-hydrogen) atoms. The molecule has 3 atom stereocenters. The Bertz CT molecular complexity index is 284. The fourth-order valence-electron chi connectivity index (χ4n) is 2.83. The normalized spacial score (nSPS) is 33.2. The molecule has 2 fully saturated rings. The molecule has 1 aliphatic carbocycles. The number of fused-ring (bicyclic) bond motifs is 2. The molecule has 0 aromatic carbocycles. The first-order valence-electron chi connectivity index (χ1n) is 6.01. The highest BCUT2D eigenvalue weighted by molar-refractivity contribution is 5.69. The standard InChI is InChI=1S/C12H21NO3/c1-12(2,3)16-11(15)13-6-8-4-10(13)5-9(8)7-14/h8-10,14H,4-7H2,1-3H3/t8-,9?,10-/m1/s1. The van der Waals surface area contributed by atoms with E-state index in [2.05, 4.69) is 0 Å². The molecule has 1 saturated carbocycles. The van der Waals surface area contributed by atoms with Gasteiger partial charge in [-0.15, -0.1) is 0 Å². The summed E-state index contributed by atoms with van der Waals surface area (Å²) >= 11 is 0. The molecule has 0 aromatic rings. The number of hydrogen-bond acceptors (Lipinski definition) is 3. The van der Waals surface area contributed by atoms with Crippen molar-refractivity contribution in [3.63, 3.8) is 0 Å². The Morgan fingerprint density at radius 1 is 1.44 bits per heavy atom. The number of rotatable bonds is 1. The lowest BCUT2D eigenvalue weighted by atomic mass is 9.96. The van der Waals surface area contributed by atoms with E-state index in [1.54, 1.807) is 0 Å². The minimum atomic E-state index is -0.421. The third kappa shape index (κ3) is 2.17. The summed E-state index contributed by atoms with van der Waals surface area (Å²) in [7, 11) is 0. The van der Waals surface area contributed by atoms with Gasteiger partial charge in [-0.05, 0) is 45.4 Å². The van der Waals surface area contributed by atoms with Gasteiger partial charge in [0.1, 0.15) is 5.60 Å². The van der Waals surface area contributed by atoms with Crippen molar-refractivity contribution in [2.45, 2.75) is 45.3 Å². The van der Waals surface area contributed by atoms with Crippen LogP contribution in [0.25, 0.3) is 0 Å². The minimum absolute atomic E-state index is 0.198. The highest BCUT2D eigenvalue weighted by Gasteiger charge is 2.47. The van der Waals surface area contributed by atoms with Crippen LogP contribution in [0, 0.1) is 11.8 Å². The van der Waals surface area contributed by atoms with Gasteiger partial charge in [-0.25, -0.2) is 4.79 Å². The smallest absolute Gasteiger partial charge is 0.410 e. The lowest BCUT2D eigenvalue weighted by molar-refractivity contribution is 0.0137. The Balaban J connectivity index is 1.93. The fourth-order valence-corrected chi connectivity index (χ4v) is 2.83. The van der Waals surface area contributed by atoms with Crippen LogP contribution in [0.15, 0.2) is 0 Å². The van der Waals surface area contributed by atoms with Crippen molar-refractivity contribution < 1.29 is 14.6 Å². The lowest BCUT2D eigenvalue weighted by Crippen LogP contribution is -2.43. The molecule has 1 N–H and O–H groups in total. The van der Waals surface area contributed by atoms with Gasteiger partial charge in [0.25, 0.3) is 0 Å². The maximum absolute atomic E-state index is 11.9. The predicted octanol–water partition coefficient (Wildman–Crippen LogP) is 1.62. The van der Waals surface area contributed by atoms with Gasteiger partial charge >= 0.3 is 6.09 Å². The molecule has 0 aromatic heterocycles. The van der Waals surface area contributed by atoms with Crippen LogP contribution >= 0.6 is 0 Å². The van der Waals surface area contributed by atoms with E-state index in [4.69, 9.17) is 9.84 Å². The van der Waals surface area contributed by atoms with Crippen LogP contribution in [0.1, 0.15) is 33.6 Å². The molecule has 1 amide bonds. The average Bonchev–Trinajstić information content (AvgIpc) is 2.72. The third-order valence-corrected chi connectivity index (χ3v) is 3.55. The molecule has 1 heterocycles. The van der Waals surface area contributed by atoms with Gasteiger partial charge in [-0.3, -0.25) is 0 Å². The molecule has 2 rings (SSSR count). The van der Waals surface area contributed by atoms with E-state index in [1.165, 1.54) is 0 Å². The summed E-state index contributed by atoms with van der Waals surface area (Å²) in [4.78, 5) is 13.7. The maximum atomic E-state index is 11.9. The summed E-state index contributed by atoms with van der Waals surface area (Å²) in [5.41, 5.74) is -0.421. The Labute approximate surface area is 96.6 Å². The minimum Gasteiger partial charge on any atom is -0.444 e. The molecule has 2 aliphatic rings. The molecule has 0 radical (unpaired) electrons. The Morgan fingerprint density at radius 3 is 2.56 bits per heavy atom. The number of carbonyl (C=O) groups is 1. The zero-order chi connectivity index (χ0) is 11.9. The van der Waals surface area contributed by atoms with E-state index in [0.717, 1.165) is 19.4 Å². The third-order valence-electron chi connectivity index (χ3n) is 3.55. The maximum Gasteiger partial charge on any atom is 0.410 e. The largest absolute Gasteiger partial charge is 0.444 e. The highest BCUT2D eigenvalue weighted by atomic mass is 16.6. The molecule has 1 aliphatic heterocycles. The van der Waals surface area contributed by atoms with Gasteiger partial charge in [-0.2, -0.15) is 0 Å². The van der Waals surface area contributed by atoms with E-state index in [1.807, 2.05) is 25.7 Å². The lowest BCUT2D eigenvalue weighted by Gasteiger charge is -2.32. The molecule has 0 spiro atoms. The van der Waals surface area contributed by atoms with Crippen LogP contribution in [0.2, 0.25) is 0 Å². The predicted molar refractivity (Wildman–Crippen MR) is 60.0 cm³/mol. The SMILES string of the molecule is CC(C)(C)OC(=O)N1C[C@H]2C[C@@H]1CC2CO. The molecule has 2 bridgehead atoms. The van der Waals surface area contributed by atoms with Crippen molar-refractivity contribution in [2.75, 3.05) is 13.2 Å². The number of piperidine rings is 1. The van der Waals surface area contributed by atoms with Crippen LogP contribution in [-0.2, 0) is 4.74 Å². The summed E-state index contributed by atoms with van der Waals surface area (Å²) in [5, 5.41) is 9.16. The number of hydrogen-bond donors (Lipinski definition) is 1. The highest BCUT2D eigenvalue weighted by Crippen LogP contribution is 2.42. The number of nitrogens with zero attached hydrogens (tertiary/aromatic N) is 1. The second-order valence-corrected chi connectivity index (χ2v) is 5.96. The van der Waals surface area contributed by atoms with E-state index in [-0.39, 0.29) is 18.7 Å². The van der Waals surface area contributed by atoms with Crippen LogP contribution in [0.5, 0.6) is 0 Å². The van der Waals surface area contributed by atoms with Crippen molar-refractivity contribution in [2.24, 2.45) is 11.8 Å². The van der Waals surface area contributed by atoms with Crippen molar-refractivity contribution in [1.29, 1.82) is 0 Å². The zero-order valence-electron chi connectivity index (χ0n) is 10.3. The summed E-state index contributed by atoms with van der Waals surface area (Å²) in [6, 6.07) is 0.289. The van der Waals surface area contributed by atoms with Crippen molar-refractivity contribution in [3.05, 3.63) is 0 Å². The van der Waals surface area contributed by atoms with Crippen molar-refractivity contribution in [3.8, 4) is 0 Å². The van der Waals surface area contributed by atoms with Gasteiger partial charge in [0.05, 0.1) is 0 Å². The molecule has 92 valence electrons. The van der Waals surface area contributed by atoms with Crippen LogP contribution in [-0.4, -0.2) is 40.9 Å². The molecule has 4 nitrogen and oxygen atoms in total. The van der Waals surface area contributed by atoms with Crippen molar-refractivity contribution in [1.82, 2.24) is 4.90 Å². The summed E-state index contributed by atoms with van der Waals surface area (Å²) < 4.78 is 5.37. The number of aliphatic hydroxyl groups excluding tert-OH is 1. The number of aliphatic hydroxyl groups is 1. The number of ether oxygens (including phenoxy) is 1. The summed E-state index contributed by atoms with van der Waals surface area (Å²) in [6.07, 6.45) is 1.77. The Hall–Kier alpha value is -0.770. The zero-order valence-corrected chi connectivity index (χ0v) is 10.3. The molecular weight excluding hydrogens is 206 g/mol. The second kappa shape index (κ2) is 3.91. The first-order chi connectivity index (χ1) is 7.40. The quantitative estimate of drug-likeness (QED) is 0.740. The molecule has 4 heteroatoms. The van der Waals surface area contributed by atoms with Crippen molar-refractivity contribution >= 4 is 6.09 Å². The number of amides is 1. The van der Waals surface area contributed by atoms with Crippen LogP contribution in [0.4, 0.5) is 4.79 Å². The van der Waals surface area contributed by atoms with Crippen LogP contribution in [0.3, 0.4) is 0 Å². The molecular formula is C12H21NO3. The number of carbonyl (C=O) groups excluding carboxylic acids is 1. The first kappa shape index (κ1) is 11.7. The number of likely N-dealkylation sites (tertiary alicyclic amines) is 1. The average molecular weight is 227 g/mol. The van der Waals surface area contributed by atoms with E-state index in [9.17, 15) is 4.79 Å². The van der Waals surface area contributed by atoms with E-state index in [0.29, 0.717) is 11.8 Å². The topological polar surface area (TPSA) is 49.8 Å². The monoisotopic (exact) mass is 227 g/mol. The van der Waals surface area contributed by atoms with E-state index < -0.39 is 5.60 Å². The van der Waals surface area contributed by atoms with Crippen LogP contribution < -0.4 is 0 Å². The van der Waals surface area contributed by atoms with Gasteiger partial charge in [-0.1, -0.05) is 0 Å². The van der Waals surface area contributed by atoms with E-state index >= 15 is 0 Å². The van der Waals surface area contributed by atoms with Gasteiger partial charge < -0.3 is 14.7 Å². The first-order valence-corrected chi connectivity index (χ1v) is 6.01.